The Morgan fingerprint density at radius 1 is 1.25 bits per heavy atom. The third-order valence-electron chi connectivity index (χ3n) is 5.27. The quantitative estimate of drug-likeness (QED) is 0.799. The first-order chi connectivity index (χ1) is 11.6. The van der Waals surface area contributed by atoms with E-state index >= 15 is 0 Å². The molecule has 3 rings (SSSR count). The van der Waals surface area contributed by atoms with Crippen molar-refractivity contribution in [2.45, 2.75) is 77.7 Å². The zero-order valence-electron chi connectivity index (χ0n) is 15.5. The topological polar surface area (TPSA) is 39.5 Å². The smallest absolute Gasteiger partial charge is 0.0808 e. The largest absolute Gasteiger partial charge is 0.376 e. The summed E-state index contributed by atoms with van der Waals surface area (Å²) in [7, 11) is 0. The van der Waals surface area contributed by atoms with Crippen LogP contribution in [0, 0.1) is 6.92 Å². The minimum atomic E-state index is 0.335. The van der Waals surface area contributed by atoms with E-state index in [1.165, 1.54) is 18.4 Å². The molecule has 1 aromatic heterocycles. The average Bonchev–Trinajstić information content (AvgIpc) is 2.96. The van der Waals surface area contributed by atoms with Gasteiger partial charge in [0.05, 0.1) is 24.5 Å². The lowest BCUT2D eigenvalue weighted by Gasteiger charge is -2.33. The zero-order valence-corrected chi connectivity index (χ0v) is 15.5. The lowest BCUT2D eigenvalue weighted by molar-refractivity contribution is -0.0753. The molecule has 24 heavy (non-hydrogen) atoms. The molecule has 2 fully saturated rings. The molecule has 0 aliphatic carbocycles. The summed E-state index contributed by atoms with van der Waals surface area (Å²) in [6, 6.07) is 0.429. The van der Waals surface area contributed by atoms with Gasteiger partial charge in [0.2, 0.25) is 0 Å². The van der Waals surface area contributed by atoms with Crippen LogP contribution >= 0.6 is 0 Å². The summed E-state index contributed by atoms with van der Waals surface area (Å²) in [5.74, 6) is 0. The van der Waals surface area contributed by atoms with Crippen LogP contribution in [0.2, 0.25) is 0 Å². The van der Waals surface area contributed by atoms with Gasteiger partial charge in [-0.1, -0.05) is 0 Å². The Morgan fingerprint density at radius 2 is 2.04 bits per heavy atom. The number of aromatic nitrogens is 2. The third kappa shape index (κ3) is 4.80. The first-order valence-corrected chi connectivity index (χ1v) is 9.62. The molecule has 0 saturated carbocycles. The Morgan fingerprint density at radius 3 is 2.67 bits per heavy atom. The summed E-state index contributed by atoms with van der Waals surface area (Å²) in [6.07, 6.45) is 8.87. The fourth-order valence-corrected chi connectivity index (χ4v) is 3.60. The lowest BCUT2D eigenvalue weighted by atomic mass is 10.1. The first kappa shape index (κ1) is 17.9. The average molecular weight is 335 g/mol. The highest BCUT2D eigenvalue weighted by molar-refractivity contribution is 5.15. The van der Waals surface area contributed by atoms with Gasteiger partial charge in [0, 0.05) is 44.0 Å². The third-order valence-corrected chi connectivity index (χ3v) is 5.27. The molecule has 5 nitrogen and oxygen atoms in total. The highest BCUT2D eigenvalue weighted by Crippen LogP contribution is 2.20. The minimum absolute atomic E-state index is 0.335. The van der Waals surface area contributed by atoms with E-state index in [1.807, 2.05) is 0 Å². The van der Waals surface area contributed by atoms with Gasteiger partial charge in [-0.25, -0.2) is 0 Å². The van der Waals surface area contributed by atoms with Crippen LogP contribution in [-0.4, -0.2) is 53.2 Å². The van der Waals surface area contributed by atoms with Crippen LogP contribution in [0.3, 0.4) is 0 Å². The molecule has 2 aliphatic heterocycles. The number of hydrogen-bond acceptors (Lipinski definition) is 4. The Labute approximate surface area is 146 Å². The van der Waals surface area contributed by atoms with Crippen LogP contribution in [0.5, 0.6) is 0 Å². The lowest BCUT2D eigenvalue weighted by Crippen LogP contribution is -2.38. The Balaban J connectivity index is 1.40. The second-order valence-corrected chi connectivity index (χ2v) is 7.61. The number of nitrogens with zero attached hydrogens (tertiary/aromatic N) is 3. The second-order valence-electron chi connectivity index (χ2n) is 7.61. The zero-order chi connectivity index (χ0) is 16.9. The SMILES string of the molecule is Cc1nn(C(C)C)cc1CN1CCC(OCC2CCCCO2)CC1. The van der Waals surface area contributed by atoms with Gasteiger partial charge < -0.3 is 9.47 Å². The number of hydrogen-bond donors (Lipinski definition) is 0. The van der Waals surface area contributed by atoms with Crippen molar-refractivity contribution in [1.82, 2.24) is 14.7 Å². The van der Waals surface area contributed by atoms with Crippen molar-refractivity contribution in [3.63, 3.8) is 0 Å². The predicted molar refractivity (Wildman–Crippen MR) is 95.2 cm³/mol. The van der Waals surface area contributed by atoms with Crippen molar-refractivity contribution in [2.24, 2.45) is 0 Å². The maximum Gasteiger partial charge on any atom is 0.0808 e. The predicted octanol–water partition coefficient (Wildman–Crippen LogP) is 3.32. The summed E-state index contributed by atoms with van der Waals surface area (Å²) < 4.78 is 13.9. The van der Waals surface area contributed by atoms with E-state index in [2.05, 4.69) is 41.6 Å². The van der Waals surface area contributed by atoms with Crippen LogP contribution in [0.1, 0.15) is 63.3 Å². The molecule has 0 N–H and O–H groups in total. The molecule has 5 heteroatoms. The van der Waals surface area contributed by atoms with Gasteiger partial charge >= 0.3 is 0 Å². The fourth-order valence-electron chi connectivity index (χ4n) is 3.60. The van der Waals surface area contributed by atoms with Gasteiger partial charge in [0.15, 0.2) is 0 Å². The monoisotopic (exact) mass is 335 g/mol. The molecule has 136 valence electrons. The van der Waals surface area contributed by atoms with E-state index in [0.717, 1.165) is 57.8 Å². The fraction of sp³-hybridized carbons (Fsp3) is 0.842. The van der Waals surface area contributed by atoms with Crippen LogP contribution in [0.4, 0.5) is 0 Å². The van der Waals surface area contributed by atoms with E-state index < -0.39 is 0 Å². The van der Waals surface area contributed by atoms with E-state index in [9.17, 15) is 0 Å². The standard InChI is InChI=1S/C19H33N3O2/c1-15(2)22-13-17(16(3)20-22)12-21-9-7-18(8-10-21)24-14-19-6-4-5-11-23-19/h13,15,18-19H,4-12,14H2,1-3H3. The van der Waals surface area contributed by atoms with E-state index in [-0.39, 0.29) is 0 Å². The van der Waals surface area contributed by atoms with Crippen LogP contribution in [-0.2, 0) is 16.0 Å². The van der Waals surface area contributed by atoms with Crippen molar-refractivity contribution in [3.05, 3.63) is 17.5 Å². The van der Waals surface area contributed by atoms with Gasteiger partial charge in [-0.3, -0.25) is 9.58 Å². The van der Waals surface area contributed by atoms with Gasteiger partial charge in [0.25, 0.3) is 0 Å². The summed E-state index contributed by atoms with van der Waals surface area (Å²) >= 11 is 0. The molecule has 0 bridgehead atoms. The van der Waals surface area contributed by atoms with Gasteiger partial charge in [0.1, 0.15) is 0 Å². The maximum absolute atomic E-state index is 6.11. The number of ether oxygens (including phenoxy) is 2. The maximum atomic E-state index is 6.11. The molecule has 1 unspecified atom stereocenters. The van der Waals surface area contributed by atoms with Crippen LogP contribution in [0.15, 0.2) is 6.20 Å². The second kappa shape index (κ2) is 8.45. The van der Waals surface area contributed by atoms with Crippen molar-refractivity contribution >= 4 is 0 Å². The molecule has 0 aromatic carbocycles. The summed E-state index contributed by atoms with van der Waals surface area (Å²) in [4.78, 5) is 2.53. The van der Waals surface area contributed by atoms with Crippen LogP contribution in [0.25, 0.3) is 0 Å². The molecule has 2 saturated heterocycles. The number of rotatable bonds is 6. The molecular weight excluding hydrogens is 302 g/mol. The van der Waals surface area contributed by atoms with Crippen molar-refractivity contribution in [3.8, 4) is 0 Å². The summed E-state index contributed by atoms with van der Waals surface area (Å²) in [5.41, 5.74) is 2.52. The number of piperidine rings is 1. The number of aryl methyl sites for hydroxylation is 1. The van der Waals surface area contributed by atoms with Gasteiger partial charge in [-0.2, -0.15) is 5.10 Å². The highest BCUT2D eigenvalue weighted by atomic mass is 16.5. The van der Waals surface area contributed by atoms with E-state index in [0.29, 0.717) is 18.2 Å². The highest BCUT2D eigenvalue weighted by Gasteiger charge is 2.23. The molecule has 1 aromatic rings. The Kier molecular flexibility index (Phi) is 6.31. The normalized spacial score (nSPS) is 23.9. The number of likely N-dealkylation sites (tertiary alicyclic amines) is 1. The van der Waals surface area contributed by atoms with Crippen LogP contribution < -0.4 is 0 Å². The van der Waals surface area contributed by atoms with E-state index in [1.54, 1.807) is 0 Å². The van der Waals surface area contributed by atoms with Crippen molar-refractivity contribution < 1.29 is 9.47 Å². The molecule has 1 atom stereocenters. The summed E-state index contributed by atoms with van der Waals surface area (Å²) in [5, 5.41) is 4.62. The van der Waals surface area contributed by atoms with Gasteiger partial charge in [-0.15, -0.1) is 0 Å². The Hall–Kier alpha value is -0.910. The molecule has 0 amide bonds. The molecule has 3 heterocycles. The Bertz CT molecular complexity index is 501. The summed E-state index contributed by atoms with van der Waals surface area (Å²) in [6.45, 7) is 11.4. The van der Waals surface area contributed by atoms with Gasteiger partial charge in [-0.05, 0) is 52.9 Å². The first-order valence-electron chi connectivity index (χ1n) is 9.62. The molecular formula is C19H33N3O2. The molecule has 0 spiro atoms. The molecule has 0 radical (unpaired) electrons. The minimum Gasteiger partial charge on any atom is -0.376 e. The van der Waals surface area contributed by atoms with E-state index in [4.69, 9.17) is 9.47 Å². The van der Waals surface area contributed by atoms with Crippen molar-refractivity contribution in [1.29, 1.82) is 0 Å². The molecule has 2 aliphatic rings. The van der Waals surface area contributed by atoms with Crippen molar-refractivity contribution in [2.75, 3.05) is 26.3 Å².